The molecule has 0 spiro atoms. The molecule has 3 fully saturated rings. The number of alkyl halides is 1. The van der Waals surface area contributed by atoms with Crippen LogP contribution in [0.15, 0.2) is 24.3 Å². The molecule has 2 aliphatic carbocycles. The van der Waals surface area contributed by atoms with E-state index in [1.165, 1.54) is 19.9 Å². The molecule has 0 bridgehead atoms. The molecule has 1 unspecified atom stereocenters. The number of hydrogen-bond donors (Lipinski definition) is 1. The summed E-state index contributed by atoms with van der Waals surface area (Å²) in [6, 6.07) is 0. The molecule has 1 saturated carbocycles. The number of hydrogen-bond acceptors (Lipinski definition) is 11. The van der Waals surface area contributed by atoms with Crippen LogP contribution in [-0.4, -0.2) is 82.4 Å². The van der Waals surface area contributed by atoms with Crippen molar-refractivity contribution >= 4 is 41.3 Å². The first-order chi connectivity index (χ1) is 17.6. The van der Waals surface area contributed by atoms with E-state index in [2.05, 4.69) is 6.58 Å². The van der Waals surface area contributed by atoms with Crippen LogP contribution in [-0.2, 0) is 47.7 Å². The minimum Gasteiger partial charge on any atom is -0.457 e. The van der Waals surface area contributed by atoms with Crippen molar-refractivity contribution in [2.75, 3.05) is 6.61 Å². The van der Waals surface area contributed by atoms with Gasteiger partial charge in [-0.25, -0.2) is 4.79 Å². The summed E-state index contributed by atoms with van der Waals surface area (Å²) < 4.78 is 27.7. The average molecular weight is 555 g/mol. The van der Waals surface area contributed by atoms with E-state index in [0.717, 1.165) is 13.8 Å². The third-order valence-corrected chi connectivity index (χ3v) is 8.71. The number of esters is 4. The zero-order valence-electron chi connectivity index (χ0n) is 21.7. The van der Waals surface area contributed by atoms with Gasteiger partial charge in [-0.2, -0.15) is 0 Å². The zero-order chi connectivity index (χ0) is 28.4. The van der Waals surface area contributed by atoms with Crippen molar-refractivity contribution in [1.29, 1.82) is 0 Å². The van der Waals surface area contributed by atoms with E-state index in [9.17, 15) is 29.1 Å². The number of carbonyl (C=O) groups excluding carboxylic acids is 5. The lowest BCUT2D eigenvalue weighted by Crippen LogP contribution is -2.69. The Hall–Kier alpha value is -2.76. The third kappa shape index (κ3) is 4.34. The SMILES string of the molecule is C=C1C[C@H]2O[C@@H]2[C@@]2(C)C=CC(=O)[C@@](C)(OC(C)=O)[C@@H]2[C@@H](OC(=O)COC(C)=O)C2(O)[C@@H](C)C(=O)O[C@H]2[C@H]1Cl. The number of aliphatic hydroxyl groups is 1. The summed E-state index contributed by atoms with van der Waals surface area (Å²) in [5.41, 5.74) is -5.03. The summed E-state index contributed by atoms with van der Waals surface area (Å²) in [7, 11) is 0. The Bertz CT molecular complexity index is 1130. The summed E-state index contributed by atoms with van der Waals surface area (Å²) in [5, 5.41) is 11.3. The highest BCUT2D eigenvalue weighted by atomic mass is 35.5. The van der Waals surface area contributed by atoms with Gasteiger partial charge in [0.05, 0.1) is 29.4 Å². The molecule has 2 heterocycles. The van der Waals surface area contributed by atoms with Crippen molar-refractivity contribution in [2.24, 2.45) is 17.3 Å². The number of halogens is 1. The number of epoxide rings is 1. The van der Waals surface area contributed by atoms with E-state index >= 15 is 0 Å². The number of ketones is 1. The largest absolute Gasteiger partial charge is 0.457 e. The minimum atomic E-state index is -2.32. The Morgan fingerprint density at radius 3 is 2.45 bits per heavy atom. The Labute approximate surface area is 224 Å². The van der Waals surface area contributed by atoms with Gasteiger partial charge in [0.1, 0.15) is 6.10 Å². The Balaban J connectivity index is 1.97. The van der Waals surface area contributed by atoms with Crippen LogP contribution in [0.5, 0.6) is 0 Å². The summed E-state index contributed by atoms with van der Waals surface area (Å²) >= 11 is 6.71. The maximum absolute atomic E-state index is 13.4. The zero-order valence-corrected chi connectivity index (χ0v) is 22.5. The van der Waals surface area contributed by atoms with Crippen molar-refractivity contribution < 1.29 is 52.8 Å². The maximum atomic E-state index is 13.4. The highest BCUT2D eigenvalue weighted by molar-refractivity contribution is 6.23. The maximum Gasteiger partial charge on any atom is 0.344 e. The van der Waals surface area contributed by atoms with Gasteiger partial charge in [0, 0.05) is 19.3 Å². The molecule has 10 atom stereocenters. The lowest BCUT2D eigenvalue weighted by Gasteiger charge is -2.53. The van der Waals surface area contributed by atoms with Crippen LogP contribution in [0.3, 0.4) is 0 Å². The van der Waals surface area contributed by atoms with Crippen molar-refractivity contribution in [3.63, 3.8) is 0 Å². The van der Waals surface area contributed by atoms with Gasteiger partial charge < -0.3 is 28.8 Å². The van der Waals surface area contributed by atoms with E-state index in [-0.39, 0.29) is 6.42 Å². The fourth-order valence-electron chi connectivity index (χ4n) is 6.23. The van der Waals surface area contributed by atoms with Crippen LogP contribution >= 0.6 is 11.6 Å². The molecule has 208 valence electrons. The van der Waals surface area contributed by atoms with Gasteiger partial charge in [0.25, 0.3) is 0 Å². The Morgan fingerprint density at radius 2 is 1.84 bits per heavy atom. The average Bonchev–Trinajstić information content (AvgIpc) is 3.56. The fraction of sp³-hybridized carbons (Fsp3) is 0.654. The van der Waals surface area contributed by atoms with Crippen LogP contribution in [0.1, 0.15) is 41.0 Å². The molecule has 12 heteroatoms. The summed E-state index contributed by atoms with van der Waals surface area (Å²) in [4.78, 5) is 62.9. The van der Waals surface area contributed by atoms with Crippen LogP contribution in [0.25, 0.3) is 0 Å². The Kier molecular flexibility index (Phi) is 7.03. The van der Waals surface area contributed by atoms with E-state index < -0.39 is 94.5 Å². The smallest absolute Gasteiger partial charge is 0.344 e. The fourth-order valence-corrected chi connectivity index (χ4v) is 6.57. The lowest BCUT2D eigenvalue weighted by atomic mass is 9.55. The predicted octanol–water partition coefficient (Wildman–Crippen LogP) is 1.17. The van der Waals surface area contributed by atoms with E-state index in [1.54, 1.807) is 13.0 Å². The summed E-state index contributed by atoms with van der Waals surface area (Å²) in [6.07, 6.45) is -1.05. The molecule has 0 aromatic carbocycles. The second-order valence-electron chi connectivity index (χ2n) is 10.8. The Morgan fingerprint density at radius 1 is 1.18 bits per heavy atom. The molecule has 1 N–H and O–H groups in total. The first-order valence-corrected chi connectivity index (χ1v) is 12.7. The van der Waals surface area contributed by atoms with Gasteiger partial charge in [-0.15, -0.1) is 11.6 Å². The second kappa shape index (κ2) is 9.46. The third-order valence-electron chi connectivity index (χ3n) is 8.17. The van der Waals surface area contributed by atoms with E-state index in [1.807, 2.05) is 0 Å². The molecular weight excluding hydrogens is 524 g/mol. The molecule has 2 aliphatic heterocycles. The highest BCUT2D eigenvalue weighted by Gasteiger charge is 2.73. The normalized spacial score (nSPS) is 43.7. The molecule has 38 heavy (non-hydrogen) atoms. The number of ether oxygens (including phenoxy) is 5. The second-order valence-corrected chi connectivity index (χ2v) is 11.2. The van der Waals surface area contributed by atoms with Crippen LogP contribution in [0, 0.1) is 17.3 Å². The molecule has 0 aromatic heterocycles. The number of rotatable bonds is 4. The topological polar surface area (TPSA) is 155 Å². The summed E-state index contributed by atoms with van der Waals surface area (Å²) in [6.45, 7) is 9.87. The van der Waals surface area contributed by atoms with Crippen molar-refractivity contribution in [2.45, 2.75) is 82.0 Å². The first kappa shape index (κ1) is 28.3. The van der Waals surface area contributed by atoms with Gasteiger partial charge in [-0.1, -0.05) is 25.2 Å². The van der Waals surface area contributed by atoms with Gasteiger partial charge in [-0.3, -0.25) is 19.2 Å². The van der Waals surface area contributed by atoms with E-state index in [4.69, 9.17) is 35.3 Å². The van der Waals surface area contributed by atoms with Gasteiger partial charge >= 0.3 is 23.9 Å². The van der Waals surface area contributed by atoms with Gasteiger partial charge in [-0.05, 0) is 26.3 Å². The molecule has 4 aliphatic rings. The van der Waals surface area contributed by atoms with Crippen molar-refractivity contribution in [3.05, 3.63) is 24.3 Å². The molecule has 0 radical (unpaired) electrons. The quantitative estimate of drug-likeness (QED) is 0.175. The molecule has 0 aromatic rings. The lowest BCUT2D eigenvalue weighted by molar-refractivity contribution is -0.227. The van der Waals surface area contributed by atoms with Gasteiger partial charge in [0.15, 0.2) is 29.7 Å². The highest BCUT2D eigenvalue weighted by Crippen LogP contribution is 2.59. The molecule has 2 saturated heterocycles. The van der Waals surface area contributed by atoms with Crippen LogP contribution in [0.2, 0.25) is 0 Å². The summed E-state index contributed by atoms with van der Waals surface area (Å²) in [5.74, 6) is -6.65. The van der Waals surface area contributed by atoms with Crippen LogP contribution < -0.4 is 0 Å². The molecule has 4 rings (SSSR count). The monoisotopic (exact) mass is 554 g/mol. The van der Waals surface area contributed by atoms with Crippen molar-refractivity contribution in [1.82, 2.24) is 0 Å². The molecular formula is C26H31ClO11. The molecule has 0 amide bonds. The first-order valence-electron chi connectivity index (χ1n) is 12.2. The standard InChI is InChI=1S/C26H31ClO11/c1-11-9-15-20(35-15)24(5)8-7-16(30)25(6,38-14(4)29)19(24)22(36-17(31)10-34-13(3)28)26(33)12(2)23(32)37-21(26)18(11)27/h7-8,12,15,18-22,33H,1,9-10H2,2-6H3/t12-,15+,18-,19+,20-,21-,22+,24-,25+,26?/m0/s1. The van der Waals surface area contributed by atoms with Gasteiger partial charge in [0.2, 0.25) is 0 Å². The predicted molar refractivity (Wildman–Crippen MR) is 128 cm³/mol. The number of fused-ring (bicyclic) bond motifs is 4. The van der Waals surface area contributed by atoms with Crippen molar-refractivity contribution in [3.8, 4) is 0 Å². The molecule has 11 nitrogen and oxygen atoms in total. The van der Waals surface area contributed by atoms with Crippen LogP contribution in [0.4, 0.5) is 0 Å². The van der Waals surface area contributed by atoms with E-state index in [0.29, 0.717) is 5.57 Å². The number of carbonyl (C=O) groups is 5. The minimum absolute atomic E-state index is 0.266.